The highest BCUT2D eigenvalue weighted by Gasteiger charge is 2.19. The molecule has 2 amide bonds. The summed E-state index contributed by atoms with van der Waals surface area (Å²) in [4.78, 5) is 28.3. The number of benzene rings is 1. The van der Waals surface area contributed by atoms with Gasteiger partial charge in [-0.2, -0.15) is 0 Å². The van der Waals surface area contributed by atoms with Gasteiger partial charge in [-0.25, -0.2) is 0 Å². The summed E-state index contributed by atoms with van der Waals surface area (Å²) in [5.41, 5.74) is 2.19. The first-order chi connectivity index (χ1) is 12.2. The van der Waals surface area contributed by atoms with Gasteiger partial charge in [0.05, 0.1) is 6.04 Å². The summed E-state index contributed by atoms with van der Waals surface area (Å²) in [6.45, 7) is 1.34. The van der Waals surface area contributed by atoms with Crippen molar-refractivity contribution in [3.8, 4) is 0 Å². The first kappa shape index (κ1) is 22.9. The third kappa shape index (κ3) is 6.82. The number of carbonyl (C=O) groups is 2. The van der Waals surface area contributed by atoms with Crippen LogP contribution in [0.3, 0.4) is 0 Å². The second-order valence-corrected chi connectivity index (χ2v) is 6.11. The summed E-state index contributed by atoms with van der Waals surface area (Å²) >= 11 is 0. The number of carbonyl (C=O) groups excluding carboxylic acids is 2. The lowest BCUT2D eigenvalue weighted by Gasteiger charge is -2.22. The van der Waals surface area contributed by atoms with Crippen LogP contribution in [0.2, 0.25) is 0 Å². The van der Waals surface area contributed by atoms with Crippen molar-refractivity contribution in [3.63, 3.8) is 0 Å². The molecular formula is C19H24Cl2N4O2. The van der Waals surface area contributed by atoms with E-state index >= 15 is 0 Å². The monoisotopic (exact) mass is 410 g/mol. The fraction of sp³-hybridized carbons (Fsp3) is 0.316. The molecule has 27 heavy (non-hydrogen) atoms. The number of hydrogen-bond donors (Lipinski definition) is 3. The van der Waals surface area contributed by atoms with Gasteiger partial charge in [0.25, 0.3) is 5.91 Å². The predicted octanol–water partition coefficient (Wildman–Crippen LogP) is 2.94. The fourth-order valence-corrected chi connectivity index (χ4v) is 2.85. The minimum atomic E-state index is -0.185. The molecule has 2 aromatic rings. The Kier molecular flexibility index (Phi) is 9.78. The Morgan fingerprint density at radius 2 is 1.89 bits per heavy atom. The molecule has 1 aromatic heterocycles. The zero-order valence-corrected chi connectivity index (χ0v) is 16.4. The van der Waals surface area contributed by atoms with Crippen molar-refractivity contribution in [1.29, 1.82) is 0 Å². The zero-order valence-electron chi connectivity index (χ0n) is 14.8. The molecule has 1 atom stereocenters. The molecule has 1 aliphatic rings. The smallest absolute Gasteiger partial charge is 0.255 e. The summed E-state index contributed by atoms with van der Waals surface area (Å²) in [7, 11) is 0. The quantitative estimate of drug-likeness (QED) is 0.707. The summed E-state index contributed by atoms with van der Waals surface area (Å²) in [6, 6.07) is 10.7. The van der Waals surface area contributed by atoms with E-state index < -0.39 is 0 Å². The molecule has 0 bridgehead atoms. The fourth-order valence-electron chi connectivity index (χ4n) is 2.85. The highest BCUT2D eigenvalue weighted by atomic mass is 35.5. The zero-order chi connectivity index (χ0) is 17.5. The second kappa shape index (κ2) is 11.5. The van der Waals surface area contributed by atoms with E-state index in [4.69, 9.17) is 0 Å². The molecule has 6 nitrogen and oxygen atoms in total. The van der Waals surface area contributed by atoms with Crippen LogP contribution in [0.5, 0.6) is 0 Å². The number of amides is 2. The van der Waals surface area contributed by atoms with Gasteiger partial charge in [-0.15, -0.1) is 24.8 Å². The molecule has 3 rings (SSSR count). The Morgan fingerprint density at radius 1 is 1.11 bits per heavy atom. The van der Waals surface area contributed by atoms with Gasteiger partial charge in [0, 0.05) is 30.2 Å². The molecule has 0 spiro atoms. The van der Waals surface area contributed by atoms with Crippen LogP contribution in [0.25, 0.3) is 0 Å². The molecule has 146 valence electrons. The average Bonchev–Trinajstić information content (AvgIpc) is 2.68. The highest BCUT2D eigenvalue weighted by Crippen LogP contribution is 2.13. The lowest BCUT2D eigenvalue weighted by atomic mass is 10.0. The van der Waals surface area contributed by atoms with E-state index in [1.807, 2.05) is 24.3 Å². The van der Waals surface area contributed by atoms with Crippen molar-refractivity contribution in [2.45, 2.75) is 31.8 Å². The van der Waals surface area contributed by atoms with Gasteiger partial charge in [0.1, 0.15) is 0 Å². The van der Waals surface area contributed by atoms with Crippen molar-refractivity contribution in [1.82, 2.24) is 15.6 Å². The number of halogens is 2. The number of anilines is 1. The largest absolute Gasteiger partial charge is 0.351 e. The number of pyridine rings is 1. The number of hydrogen-bond acceptors (Lipinski definition) is 4. The van der Waals surface area contributed by atoms with Crippen LogP contribution in [0.15, 0.2) is 48.8 Å². The van der Waals surface area contributed by atoms with Gasteiger partial charge in [-0.3, -0.25) is 14.6 Å². The van der Waals surface area contributed by atoms with Crippen LogP contribution >= 0.6 is 24.8 Å². The average molecular weight is 411 g/mol. The van der Waals surface area contributed by atoms with E-state index in [9.17, 15) is 9.59 Å². The van der Waals surface area contributed by atoms with E-state index in [1.165, 1.54) is 0 Å². The second-order valence-electron chi connectivity index (χ2n) is 6.11. The Morgan fingerprint density at radius 3 is 2.59 bits per heavy atom. The van der Waals surface area contributed by atoms with Crippen molar-refractivity contribution < 1.29 is 9.59 Å². The molecule has 8 heteroatoms. The molecule has 1 fully saturated rings. The Labute approximate surface area is 171 Å². The molecular weight excluding hydrogens is 387 g/mol. The van der Waals surface area contributed by atoms with Crippen LogP contribution in [0.4, 0.5) is 5.69 Å². The van der Waals surface area contributed by atoms with Gasteiger partial charge in [-0.1, -0.05) is 18.6 Å². The van der Waals surface area contributed by atoms with E-state index in [-0.39, 0.29) is 42.7 Å². The molecule has 1 saturated heterocycles. The summed E-state index contributed by atoms with van der Waals surface area (Å²) < 4.78 is 0. The summed E-state index contributed by atoms with van der Waals surface area (Å²) in [5, 5.41) is 9.05. The molecule has 0 unspecified atom stereocenters. The summed E-state index contributed by atoms with van der Waals surface area (Å²) in [5.74, 6) is -0.152. The Balaban J connectivity index is 0.00000182. The maximum atomic E-state index is 12.2. The number of rotatable bonds is 5. The Bertz CT molecular complexity index is 737. The molecule has 0 saturated carbocycles. The van der Waals surface area contributed by atoms with Gasteiger partial charge >= 0.3 is 0 Å². The van der Waals surface area contributed by atoms with Crippen LogP contribution in [0, 0.1) is 0 Å². The van der Waals surface area contributed by atoms with Crippen molar-refractivity contribution in [2.24, 2.45) is 0 Å². The highest BCUT2D eigenvalue weighted by molar-refractivity contribution is 6.04. The van der Waals surface area contributed by atoms with Gasteiger partial charge in [-0.05, 0) is 49.2 Å². The number of aromatic nitrogens is 1. The lowest BCUT2D eigenvalue weighted by molar-refractivity contribution is -0.123. The summed E-state index contributed by atoms with van der Waals surface area (Å²) in [6.07, 6.45) is 6.26. The molecule has 1 aliphatic heterocycles. The van der Waals surface area contributed by atoms with E-state index in [1.54, 1.807) is 24.5 Å². The van der Waals surface area contributed by atoms with E-state index in [0.29, 0.717) is 17.8 Å². The van der Waals surface area contributed by atoms with Crippen molar-refractivity contribution in [3.05, 3.63) is 59.9 Å². The van der Waals surface area contributed by atoms with E-state index in [2.05, 4.69) is 20.9 Å². The maximum Gasteiger partial charge on any atom is 0.255 e. The molecule has 2 heterocycles. The number of nitrogens with one attached hydrogen (secondary N) is 3. The SMILES string of the molecule is Cl.Cl.O=C(Nc1cccc(CNC(=O)[C@H]2CCCCN2)c1)c1ccncc1. The van der Waals surface area contributed by atoms with Gasteiger partial charge < -0.3 is 16.0 Å². The van der Waals surface area contributed by atoms with Crippen molar-refractivity contribution >= 4 is 42.3 Å². The predicted molar refractivity (Wildman–Crippen MR) is 111 cm³/mol. The molecule has 0 aliphatic carbocycles. The minimum Gasteiger partial charge on any atom is -0.351 e. The van der Waals surface area contributed by atoms with Gasteiger partial charge in [0.2, 0.25) is 5.91 Å². The first-order valence-corrected chi connectivity index (χ1v) is 8.54. The molecule has 3 N–H and O–H groups in total. The lowest BCUT2D eigenvalue weighted by Crippen LogP contribution is -2.46. The van der Waals surface area contributed by atoms with Crippen LogP contribution in [-0.4, -0.2) is 29.4 Å². The van der Waals surface area contributed by atoms with Crippen LogP contribution < -0.4 is 16.0 Å². The topological polar surface area (TPSA) is 83.1 Å². The number of nitrogens with zero attached hydrogens (tertiary/aromatic N) is 1. The van der Waals surface area contributed by atoms with Crippen LogP contribution in [0.1, 0.15) is 35.2 Å². The van der Waals surface area contributed by atoms with Gasteiger partial charge in [0.15, 0.2) is 0 Å². The Hall–Kier alpha value is -2.15. The first-order valence-electron chi connectivity index (χ1n) is 8.54. The third-order valence-electron chi connectivity index (χ3n) is 4.22. The molecule has 0 radical (unpaired) electrons. The standard InChI is InChI=1S/C19H22N4O2.2ClH/c24-18(15-7-10-20-11-8-15)23-16-5-3-4-14(12-16)13-22-19(25)17-6-1-2-9-21-17;;/h3-5,7-8,10-12,17,21H,1-2,6,9,13H2,(H,22,25)(H,23,24);2*1H/t17-;;/m1../s1. The third-order valence-corrected chi connectivity index (χ3v) is 4.22. The normalized spacial score (nSPS) is 15.6. The van der Waals surface area contributed by atoms with Crippen LogP contribution in [-0.2, 0) is 11.3 Å². The van der Waals surface area contributed by atoms with E-state index in [0.717, 1.165) is 31.4 Å². The minimum absolute atomic E-state index is 0. The van der Waals surface area contributed by atoms with Crippen molar-refractivity contribution in [2.75, 3.05) is 11.9 Å². The maximum absolute atomic E-state index is 12.2. The molecule has 1 aromatic carbocycles. The number of piperidine rings is 1.